The van der Waals surface area contributed by atoms with Crippen molar-refractivity contribution in [2.45, 2.75) is 59.4 Å². The fourth-order valence-electron chi connectivity index (χ4n) is 4.46. The zero-order valence-corrected chi connectivity index (χ0v) is 18.4. The van der Waals surface area contributed by atoms with E-state index in [-0.39, 0.29) is 9.96 Å². The summed E-state index contributed by atoms with van der Waals surface area (Å²) in [6, 6.07) is 0. The van der Waals surface area contributed by atoms with Gasteiger partial charge in [0.1, 0.15) is 17.3 Å². The molecular formula is C21H30N2O3S2. The monoisotopic (exact) mass is 422 g/mol. The van der Waals surface area contributed by atoms with Gasteiger partial charge >= 0.3 is 0 Å². The number of aliphatic hydroxyl groups is 2. The van der Waals surface area contributed by atoms with Crippen molar-refractivity contribution in [3.05, 3.63) is 47.3 Å². The van der Waals surface area contributed by atoms with Crippen molar-refractivity contribution in [1.29, 1.82) is 0 Å². The molecule has 154 valence electrons. The lowest BCUT2D eigenvalue weighted by Crippen LogP contribution is -2.70. The van der Waals surface area contributed by atoms with Crippen LogP contribution in [0.15, 0.2) is 47.3 Å². The lowest BCUT2D eigenvalue weighted by atomic mass is 9.94. The summed E-state index contributed by atoms with van der Waals surface area (Å²) in [5.74, 6) is 1.01. The molecule has 28 heavy (non-hydrogen) atoms. The van der Waals surface area contributed by atoms with Crippen molar-refractivity contribution in [3.63, 3.8) is 0 Å². The fourth-order valence-corrected chi connectivity index (χ4v) is 8.33. The molecule has 3 heterocycles. The number of ether oxygens (including phenoxy) is 1. The molecule has 0 amide bonds. The summed E-state index contributed by atoms with van der Waals surface area (Å²) in [6.45, 7) is 0. The van der Waals surface area contributed by atoms with Crippen LogP contribution in [0.4, 0.5) is 0 Å². The Balaban J connectivity index is 1.70. The summed E-state index contributed by atoms with van der Waals surface area (Å²) in [4.78, 5) is 3.39. The number of aliphatic hydroxyl groups excluding tert-OH is 2. The summed E-state index contributed by atoms with van der Waals surface area (Å²) >= 11 is 3.57. The molecule has 0 aromatic heterocycles. The maximum absolute atomic E-state index is 11.4. The molecule has 2 bridgehead atoms. The molecule has 0 aromatic rings. The van der Waals surface area contributed by atoms with E-state index in [0.29, 0.717) is 0 Å². The number of nitrogens with zero attached hydrogens (tertiary/aromatic N) is 2. The Hall–Kier alpha value is -0.700. The minimum Gasteiger partial charge on any atom is -0.501 e. The van der Waals surface area contributed by atoms with Crippen molar-refractivity contribution in [2.75, 3.05) is 21.2 Å². The standard InChI is InChI=1S/C21H30N2O3S2/c1-22-18-17(24)23(2)21(20(22)25,13-14-7-5-4-6-8-14)28-19(27-18)15-9-11-16(26-3)12-10-15/h4-5,7,9,11,17-20,24-25H,6,8,10,12-13H2,1-3H3. The molecule has 5 unspecified atom stereocenters. The van der Waals surface area contributed by atoms with E-state index in [2.05, 4.69) is 30.4 Å². The third kappa shape index (κ3) is 3.50. The van der Waals surface area contributed by atoms with Crippen LogP contribution in [0.2, 0.25) is 0 Å². The van der Waals surface area contributed by atoms with Crippen LogP contribution in [0.25, 0.3) is 0 Å². The minimum atomic E-state index is -0.644. The molecule has 5 atom stereocenters. The van der Waals surface area contributed by atoms with Crippen LogP contribution in [-0.2, 0) is 4.74 Å². The van der Waals surface area contributed by atoms with Crippen LogP contribution in [-0.4, -0.2) is 68.5 Å². The Morgan fingerprint density at radius 3 is 2.64 bits per heavy atom. The lowest BCUT2D eigenvalue weighted by molar-refractivity contribution is -0.176. The largest absolute Gasteiger partial charge is 0.501 e. The fraction of sp³-hybridized carbons (Fsp3) is 0.619. The van der Waals surface area contributed by atoms with E-state index >= 15 is 0 Å². The van der Waals surface area contributed by atoms with Crippen LogP contribution in [0, 0.1) is 0 Å². The summed E-state index contributed by atoms with van der Waals surface area (Å²) in [5.41, 5.74) is 2.69. The Bertz CT molecular complexity index is 717. The molecule has 5 aliphatic rings. The van der Waals surface area contributed by atoms with E-state index in [4.69, 9.17) is 4.74 Å². The molecule has 3 fully saturated rings. The predicted molar refractivity (Wildman–Crippen MR) is 117 cm³/mol. The number of likely N-dealkylation sites (N-methyl/N-ethyl adjacent to an activating group) is 2. The lowest BCUT2D eigenvalue weighted by Gasteiger charge is -2.54. The van der Waals surface area contributed by atoms with E-state index in [0.717, 1.165) is 37.9 Å². The van der Waals surface area contributed by atoms with Gasteiger partial charge in [-0.2, -0.15) is 0 Å². The second-order valence-electron chi connectivity index (χ2n) is 7.93. The molecule has 2 aliphatic carbocycles. The van der Waals surface area contributed by atoms with Crippen LogP contribution >= 0.6 is 23.5 Å². The summed E-state index contributed by atoms with van der Waals surface area (Å²) in [7, 11) is 5.61. The van der Waals surface area contributed by atoms with E-state index in [9.17, 15) is 10.2 Å². The van der Waals surface area contributed by atoms with Gasteiger partial charge in [0.2, 0.25) is 0 Å². The van der Waals surface area contributed by atoms with Crippen molar-refractivity contribution >= 4 is 23.5 Å². The topological polar surface area (TPSA) is 56.2 Å². The zero-order valence-electron chi connectivity index (χ0n) is 16.7. The molecule has 5 nitrogen and oxygen atoms in total. The molecular weight excluding hydrogens is 392 g/mol. The molecule has 3 saturated heterocycles. The SMILES string of the molecule is COC1=CC=C(C2SC3C(O)N(C)C(CC4=CC=CCC4)(S2)C(O)N3C)CC1. The summed E-state index contributed by atoms with van der Waals surface area (Å²) in [6.07, 6.45) is 14.1. The summed E-state index contributed by atoms with van der Waals surface area (Å²) < 4.78 is 5.58. The second-order valence-corrected chi connectivity index (χ2v) is 10.9. The van der Waals surface area contributed by atoms with Gasteiger partial charge in [-0.25, -0.2) is 0 Å². The van der Waals surface area contributed by atoms with Gasteiger partial charge < -0.3 is 14.9 Å². The number of piperazine rings is 1. The van der Waals surface area contributed by atoms with Gasteiger partial charge in [0, 0.05) is 12.8 Å². The number of hydrogen-bond acceptors (Lipinski definition) is 7. The van der Waals surface area contributed by atoms with E-state index in [1.165, 1.54) is 11.1 Å². The number of allylic oxidation sites excluding steroid dienone is 6. The molecule has 0 radical (unpaired) electrons. The Morgan fingerprint density at radius 2 is 2.00 bits per heavy atom. The number of fused-ring (bicyclic) bond motifs is 4. The highest BCUT2D eigenvalue weighted by Crippen LogP contribution is 2.57. The van der Waals surface area contributed by atoms with Gasteiger partial charge in [-0.05, 0) is 45.0 Å². The highest BCUT2D eigenvalue weighted by molar-refractivity contribution is 8.18. The third-order valence-corrected chi connectivity index (χ3v) is 9.90. The summed E-state index contributed by atoms with van der Waals surface area (Å²) in [5, 5.41) is 22.3. The highest BCUT2D eigenvalue weighted by Gasteiger charge is 2.59. The van der Waals surface area contributed by atoms with Crippen LogP contribution in [0.5, 0.6) is 0 Å². The molecule has 7 heteroatoms. The minimum absolute atomic E-state index is 0.165. The van der Waals surface area contributed by atoms with Gasteiger partial charge in [-0.3, -0.25) is 9.80 Å². The van der Waals surface area contributed by atoms with Crippen molar-refractivity contribution < 1.29 is 14.9 Å². The molecule has 0 saturated carbocycles. The quantitative estimate of drug-likeness (QED) is 0.721. The molecule has 5 rings (SSSR count). The number of rotatable bonds is 4. The van der Waals surface area contributed by atoms with Gasteiger partial charge in [0.25, 0.3) is 0 Å². The number of methoxy groups -OCH3 is 1. The Morgan fingerprint density at radius 1 is 1.18 bits per heavy atom. The van der Waals surface area contributed by atoms with Gasteiger partial charge in [-0.1, -0.05) is 29.9 Å². The highest BCUT2D eigenvalue weighted by atomic mass is 32.2. The van der Waals surface area contributed by atoms with Crippen molar-refractivity contribution in [3.8, 4) is 0 Å². The predicted octanol–water partition coefficient (Wildman–Crippen LogP) is 3.25. The number of thioether (sulfide) groups is 2. The van der Waals surface area contributed by atoms with Crippen molar-refractivity contribution in [2.24, 2.45) is 0 Å². The zero-order chi connectivity index (χ0) is 19.9. The first kappa shape index (κ1) is 20.6. The van der Waals surface area contributed by atoms with Gasteiger partial charge in [-0.15, -0.1) is 23.5 Å². The van der Waals surface area contributed by atoms with Gasteiger partial charge in [0.05, 0.1) is 22.8 Å². The first-order valence-electron chi connectivity index (χ1n) is 9.89. The van der Waals surface area contributed by atoms with Crippen molar-refractivity contribution in [1.82, 2.24) is 9.80 Å². The molecule has 0 spiro atoms. The van der Waals surface area contributed by atoms with Gasteiger partial charge in [0.15, 0.2) is 0 Å². The third-order valence-electron chi connectivity index (χ3n) is 6.30. The average molecular weight is 423 g/mol. The maximum atomic E-state index is 11.4. The average Bonchev–Trinajstić information content (AvgIpc) is 2.91. The Labute approximate surface area is 176 Å². The first-order chi connectivity index (χ1) is 13.5. The van der Waals surface area contributed by atoms with Crippen LogP contribution in [0.3, 0.4) is 0 Å². The smallest absolute Gasteiger partial charge is 0.136 e. The maximum Gasteiger partial charge on any atom is 0.136 e. The van der Waals surface area contributed by atoms with E-state index in [1.807, 2.05) is 35.7 Å². The molecule has 3 aliphatic heterocycles. The second kappa shape index (κ2) is 8.20. The molecule has 2 N–H and O–H groups in total. The normalized spacial score (nSPS) is 39.2. The Kier molecular flexibility index (Phi) is 6.03. The van der Waals surface area contributed by atoms with Crippen LogP contribution < -0.4 is 0 Å². The first-order valence-corrected chi connectivity index (χ1v) is 11.7. The van der Waals surface area contributed by atoms with E-state index < -0.39 is 17.3 Å². The molecule has 0 aromatic carbocycles. The number of hydrogen-bond donors (Lipinski definition) is 2. The van der Waals surface area contributed by atoms with Crippen LogP contribution in [0.1, 0.15) is 32.1 Å². The van der Waals surface area contributed by atoms with E-state index in [1.54, 1.807) is 18.9 Å².